The van der Waals surface area contributed by atoms with Gasteiger partial charge in [0.15, 0.2) is 0 Å². The van der Waals surface area contributed by atoms with E-state index >= 15 is 0 Å². The molecule has 2 aromatic heterocycles. The largest absolute Gasteiger partial charge is 0.468 e. The fourth-order valence-corrected chi connectivity index (χ4v) is 2.03. The molecule has 0 aromatic carbocycles. The number of rotatable bonds is 3. The fraction of sp³-hybridized carbons (Fsp3) is 0.250. The molecule has 2 rings (SSSR count). The molecule has 0 spiro atoms. The number of nitrogens with zero attached hydrogens (tertiary/aromatic N) is 3. The molecule has 0 bridgehead atoms. The van der Waals surface area contributed by atoms with E-state index in [1.54, 1.807) is 19.1 Å². The Morgan fingerprint density at radius 2 is 2.05 bits per heavy atom. The fourth-order valence-electron chi connectivity index (χ4n) is 1.63. The van der Waals surface area contributed by atoms with Crippen molar-refractivity contribution in [2.24, 2.45) is 0 Å². The van der Waals surface area contributed by atoms with Gasteiger partial charge in [-0.2, -0.15) is 0 Å². The Hall–Kier alpha value is -1.59. The zero-order valence-corrected chi connectivity index (χ0v) is 11.9. The molecule has 19 heavy (non-hydrogen) atoms. The molecule has 100 valence electrons. The lowest BCUT2D eigenvalue weighted by atomic mass is 10.3. The van der Waals surface area contributed by atoms with Crippen molar-refractivity contribution in [3.8, 4) is 6.01 Å². The minimum atomic E-state index is -0.213. The van der Waals surface area contributed by atoms with Crippen molar-refractivity contribution >= 4 is 23.2 Å². The number of ether oxygens (including phenoxy) is 1. The first-order valence-electron chi connectivity index (χ1n) is 5.44. The number of aryl methyl sites for hydroxylation is 1. The third-order valence-corrected chi connectivity index (χ3v) is 3.04. The normalized spacial score (nSPS) is 10.5. The van der Waals surface area contributed by atoms with Gasteiger partial charge in [0.25, 0.3) is 11.6 Å². The van der Waals surface area contributed by atoms with Crippen molar-refractivity contribution in [3.05, 3.63) is 50.1 Å². The van der Waals surface area contributed by atoms with Crippen LogP contribution >= 0.6 is 23.2 Å². The van der Waals surface area contributed by atoms with Gasteiger partial charge >= 0.3 is 0 Å². The van der Waals surface area contributed by atoms with Crippen LogP contribution in [0.2, 0.25) is 10.3 Å². The average Bonchev–Trinajstić information content (AvgIpc) is 2.34. The number of hydrogen-bond acceptors (Lipinski definition) is 4. The van der Waals surface area contributed by atoms with Crippen LogP contribution in [-0.4, -0.2) is 21.6 Å². The van der Waals surface area contributed by atoms with Crippen molar-refractivity contribution in [2.45, 2.75) is 13.5 Å². The van der Waals surface area contributed by atoms with Crippen LogP contribution in [0.15, 0.2) is 23.0 Å². The summed E-state index contributed by atoms with van der Waals surface area (Å²) in [6.45, 7) is 1.95. The summed E-state index contributed by atoms with van der Waals surface area (Å²) in [5.41, 5.74) is 1.05. The topological polar surface area (TPSA) is 57.0 Å². The Morgan fingerprint density at radius 1 is 1.32 bits per heavy atom. The highest BCUT2D eigenvalue weighted by Crippen LogP contribution is 2.18. The van der Waals surface area contributed by atoms with Gasteiger partial charge in [0.1, 0.15) is 10.3 Å². The summed E-state index contributed by atoms with van der Waals surface area (Å²) in [4.78, 5) is 20.0. The number of halogens is 2. The molecule has 0 aliphatic rings. The van der Waals surface area contributed by atoms with Gasteiger partial charge in [0.2, 0.25) is 0 Å². The zero-order valence-electron chi connectivity index (χ0n) is 10.4. The summed E-state index contributed by atoms with van der Waals surface area (Å²) in [5.74, 6) is 0. The molecule has 0 amide bonds. The van der Waals surface area contributed by atoms with E-state index in [0.29, 0.717) is 16.4 Å². The summed E-state index contributed by atoms with van der Waals surface area (Å²) in [6.07, 6.45) is 0. The maximum atomic E-state index is 12.0. The van der Waals surface area contributed by atoms with E-state index in [1.807, 2.05) is 0 Å². The number of hydrogen-bond donors (Lipinski definition) is 0. The van der Waals surface area contributed by atoms with Crippen LogP contribution in [0.3, 0.4) is 0 Å². The average molecular weight is 300 g/mol. The summed E-state index contributed by atoms with van der Waals surface area (Å²) in [5, 5.41) is 0.553. The molecule has 0 radical (unpaired) electrons. The lowest BCUT2D eigenvalue weighted by Gasteiger charge is -2.11. The highest BCUT2D eigenvalue weighted by atomic mass is 35.5. The van der Waals surface area contributed by atoms with Crippen LogP contribution in [0.1, 0.15) is 11.3 Å². The van der Waals surface area contributed by atoms with Gasteiger partial charge in [-0.1, -0.05) is 29.3 Å². The van der Waals surface area contributed by atoms with Crippen molar-refractivity contribution in [3.63, 3.8) is 0 Å². The molecule has 5 nitrogen and oxygen atoms in total. The molecule has 0 atom stereocenters. The van der Waals surface area contributed by atoms with Crippen LogP contribution in [-0.2, 0) is 6.54 Å². The van der Waals surface area contributed by atoms with E-state index < -0.39 is 0 Å². The van der Waals surface area contributed by atoms with Gasteiger partial charge in [0, 0.05) is 17.3 Å². The molecule has 0 fully saturated rings. The molecule has 0 saturated carbocycles. The summed E-state index contributed by atoms with van der Waals surface area (Å²) in [6, 6.07) is 4.99. The predicted molar refractivity (Wildman–Crippen MR) is 73.1 cm³/mol. The second kappa shape index (κ2) is 5.59. The monoisotopic (exact) mass is 299 g/mol. The molecular weight excluding hydrogens is 289 g/mol. The summed E-state index contributed by atoms with van der Waals surface area (Å²) >= 11 is 11.7. The van der Waals surface area contributed by atoms with Gasteiger partial charge in [-0.25, -0.2) is 9.97 Å². The SMILES string of the molecule is COc1nc(C)cc(=O)n1Cc1ccc(Cl)nc1Cl. The predicted octanol–water partition coefficient (Wildman–Crippen LogP) is 2.31. The standard InChI is InChI=1S/C12H11Cl2N3O2/c1-7-5-10(18)17(12(15-7)19-2)6-8-3-4-9(13)16-11(8)14/h3-5H,6H2,1-2H3. The second-order valence-electron chi connectivity index (χ2n) is 3.89. The van der Waals surface area contributed by atoms with E-state index in [1.165, 1.54) is 17.7 Å². The molecule has 0 aliphatic heterocycles. The first kappa shape index (κ1) is 13.8. The first-order valence-corrected chi connectivity index (χ1v) is 6.20. The number of methoxy groups -OCH3 is 1. The highest BCUT2D eigenvalue weighted by molar-refractivity contribution is 6.32. The Balaban J connectivity index is 2.46. The molecular formula is C12H11Cl2N3O2. The van der Waals surface area contributed by atoms with Crippen LogP contribution in [0, 0.1) is 6.92 Å². The minimum Gasteiger partial charge on any atom is -0.468 e. The third-order valence-electron chi connectivity index (χ3n) is 2.50. The van der Waals surface area contributed by atoms with E-state index in [2.05, 4.69) is 9.97 Å². The Kier molecular flexibility index (Phi) is 4.07. The van der Waals surface area contributed by atoms with Gasteiger partial charge in [-0.05, 0) is 13.0 Å². The third kappa shape index (κ3) is 3.05. The van der Waals surface area contributed by atoms with Gasteiger partial charge < -0.3 is 4.74 Å². The lowest BCUT2D eigenvalue weighted by molar-refractivity contribution is 0.350. The molecule has 7 heteroatoms. The van der Waals surface area contributed by atoms with E-state index in [0.717, 1.165) is 0 Å². The Labute approximate surface area is 119 Å². The second-order valence-corrected chi connectivity index (χ2v) is 4.64. The van der Waals surface area contributed by atoms with Crippen molar-refractivity contribution in [2.75, 3.05) is 7.11 Å². The van der Waals surface area contributed by atoms with Gasteiger partial charge in [-0.15, -0.1) is 0 Å². The molecule has 0 saturated heterocycles. The highest BCUT2D eigenvalue weighted by Gasteiger charge is 2.11. The first-order chi connectivity index (χ1) is 9.01. The van der Waals surface area contributed by atoms with Crippen molar-refractivity contribution < 1.29 is 4.74 Å². The molecule has 0 aliphatic carbocycles. The Morgan fingerprint density at radius 3 is 2.68 bits per heavy atom. The van der Waals surface area contributed by atoms with Gasteiger partial charge in [0.05, 0.1) is 13.7 Å². The lowest BCUT2D eigenvalue weighted by Crippen LogP contribution is -2.23. The maximum absolute atomic E-state index is 12.0. The van der Waals surface area contributed by atoms with E-state index in [-0.39, 0.29) is 23.3 Å². The zero-order chi connectivity index (χ0) is 14.0. The maximum Gasteiger partial charge on any atom is 0.299 e. The molecule has 0 unspecified atom stereocenters. The van der Waals surface area contributed by atoms with E-state index in [4.69, 9.17) is 27.9 Å². The Bertz CT molecular complexity index is 671. The van der Waals surface area contributed by atoms with Crippen molar-refractivity contribution in [1.29, 1.82) is 0 Å². The minimum absolute atomic E-state index is 0.213. The van der Waals surface area contributed by atoms with Crippen LogP contribution in [0.4, 0.5) is 0 Å². The van der Waals surface area contributed by atoms with Crippen molar-refractivity contribution in [1.82, 2.24) is 14.5 Å². The quantitative estimate of drug-likeness (QED) is 0.816. The smallest absolute Gasteiger partial charge is 0.299 e. The summed E-state index contributed by atoms with van der Waals surface area (Å²) in [7, 11) is 1.46. The molecule has 2 heterocycles. The molecule has 2 aromatic rings. The van der Waals surface area contributed by atoms with Gasteiger partial charge in [-0.3, -0.25) is 9.36 Å². The number of pyridine rings is 1. The summed E-state index contributed by atoms with van der Waals surface area (Å²) < 4.78 is 6.48. The van der Waals surface area contributed by atoms with E-state index in [9.17, 15) is 4.79 Å². The molecule has 0 N–H and O–H groups in total. The van der Waals surface area contributed by atoms with Crippen LogP contribution < -0.4 is 10.3 Å². The van der Waals surface area contributed by atoms with Crippen LogP contribution in [0.25, 0.3) is 0 Å². The van der Waals surface area contributed by atoms with Crippen LogP contribution in [0.5, 0.6) is 6.01 Å². The number of aromatic nitrogens is 3.